The Morgan fingerprint density at radius 1 is 1.17 bits per heavy atom. The normalized spacial score (nSPS) is 23.7. The molecule has 2 rings (SSSR count). The molecule has 0 saturated heterocycles. The van der Waals surface area contributed by atoms with Gasteiger partial charge in [0.15, 0.2) is 0 Å². The van der Waals surface area contributed by atoms with E-state index in [4.69, 9.17) is 11.6 Å². The third-order valence-electron chi connectivity index (χ3n) is 3.12. The molecule has 1 saturated carbocycles. The van der Waals surface area contributed by atoms with Crippen molar-refractivity contribution in [1.29, 1.82) is 0 Å². The van der Waals surface area contributed by atoms with Crippen molar-refractivity contribution in [3.8, 4) is 0 Å². The molecule has 0 bridgehead atoms. The summed E-state index contributed by atoms with van der Waals surface area (Å²) in [7, 11) is 0. The Morgan fingerprint density at radius 3 is 2.39 bits per heavy atom. The second-order valence-electron chi connectivity index (χ2n) is 4.54. The van der Waals surface area contributed by atoms with Crippen LogP contribution in [0.4, 0.5) is 8.78 Å². The Labute approximate surface area is 109 Å². The standard InChI is InChI=1S/C13H14ClF2NO/c14-11-3-1-2-4-12(11)17-13(18)8-5-9(15)7-10(16)6-8/h5-7,11-12H,1-4H2,(H,17,18). The van der Waals surface area contributed by atoms with E-state index in [1.807, 2.05) is 0 Å². The van der Waals surface area contributed by atoms with Crippen LogP contribution in [0.1, 0.15) is 36.0 Å². The van der Waals surface area contributed by atoms with Crippen molar-refractivity contribution in [3.05, 3.63) is 35.4 Å². The molecule has 0 aromatic heterocycles. The van der Waals surface area contributed by atoms with Gasteiger partial charge in [-0.25, -0.2) is 8.78 Å². The van der Waals surface area contributed by atoms with Gasteiger partial charge in [0.1, 0.15) is 11.6 Å². The van der Waals surface area contributed by atoms with Crippen molar-refractivity contribution in [2.45, 2.75) is 37.1 Å². The van der Waals surface area contributed by atoms with Gasteiger partial charge in [0, 0.05) is 17.7 Å². The molecular weight excluding hydrogens is 260 g/mol. The predicted octanol–water partition coefficient (Wildman–Crippen LogP) is 3.24. The minimum Gasteiger partial charge on any atom is -0.348 e. The van der Waals surface area contributed by atoms with Gasteiger partial charge in [-0.15, -0.1) is 11.6 Å². The molecule has 2 nitrogen and oxygen atoms in total. The number of alkyl halides is 1. The minimum absolute atomic E-state index is 0.0121. The fourth-order valence-electron chi connectivity index (χ4n) is 2.18. The summed E-state index contributed by atoms with van der Waals surface area (Å²) >= 11 is 6.11. The van der Waals surface area contributed by atoms with Crippen LogP contribution in [0.5, 0.6) is 0 Å². The molecule has 1 aliphatic carbocycles. The zero-order chi connectivity index (χ0) is 13.1. The van der Waals surface area contributed by atoms with Gasteiger partial charge in [-0.05, 0) is 25.0 Å². The van der Waals surface area contributed by atoms with Crippen molar-refractivity contribution in [3.63, 3.8) is 0 Å². The highest BCUT2D eigenvalue weighted by Gasteiger charge is 2.25. The quantitative estimate of drug-likeness (QED) is 0.824. The number of carbonyl (C=O) groups is 1. The fraction of sp³-hybridized carbons (Fsp3) is 0.462. The number of nitrogens with one attached hydrogen (secondary N) is 1. The largest absolute Gasteiger partial charge is 0.348 e. The van der Waals surface area contributed by atoms with Crippen LogP contribution in [0.15, 0.2) is 18.2 Å². The van der Waals surface area contributed by atoms with Crippen LogP contribution >= 0.6 is 11.6 Å². The second kappa shape index (κ2) is 5.65. The summed E-state index contributed by atoms with van der Waals surface area (Å²) in [5, 5.41) is 2.63. The molecule has 1 N–H and O–H groups in total. The lowest BCUT2D eigenvalue weighted by molar-refractivity contribution is 0.0927. The average molecular weight is 274 g/mol. The van der Waals surface area contributed by atoms with E-state index in [2.05, 4.69) is 5.32 Å². The summed E-state index contributed by atoms with van der Waals surface area (Å²) in [5.41, 5.74) is -0.0121. The molecule has 18 heavy (non-hydrogen) atoms. The Balaban J connectivity index is 2.06. The topological polar surface area (TPSA) is 29.1 Å². The maximum atomic E-state index is 13.0. The minimum atomic E-state index is -0.758. The van der Waals surface area contributed by atoms with Crippen LogP contribution in [-0.4, -0.2) is 17.3 Å². The molecule has 1 aromatic carbocycles. The number of halogens is 3. The molecule has 0 spiro atoms. The third-order valence-corrected chi connectivity index (χ3v) is 3.65. The summed E-state index contributed by atoms with van der Waals surface area (Å²) < 4.78 is 26.0. The van der Waals surface area contributed by atoms with Crippen molar-refractivity contribution >= 4 is 17.5 Å². The first-order chi connectivity index (χ1) is 8.56. The van der Waals surface area contributed by atoms with Crippen molar-refractivity contribution in [2.75, 3.05) is 0 Å². The molecule has 98 valence electrons. The summed E-state index contributed by atoms with van der Waals surface area (Å²) in [6.45, 7) is 0. The van der Waals surface area contributed by atoms with Crippen LogP contribution in [0.2, 0.25) is 0 Å². The van der Waals surface area contributed by atoms with Crippen molar-refractivity contribution < 1.29 is 13.6 Å². The number of benzene rings is 1. The first-order valence-corrected chi connectivity index (χ1v) is 6.41. The van der Waals surface area contributed by atoms with E-state index < -0.39 is 17.5 Å². The molecule has 1 aliphatic rings. The maximum absolute atomic E-state index is 13.0. The number of hydrogen-bond acceptors (Lipinski definition) is 1. The molecule has 5 heteroatoms. The van der Waals surface area contributed by atoms with E-state index in [0.717, 1.165) is 43.9 Å². The molecule has 0 heterocycles. The van der Waals surface area contributed by atoms with Crippen molar-refractivity contribution in [2.24, 2.45) is 0 Å². The van der Waals surface area contributed by atoms with E-state index in [0.29, 0.717) is 0 Å². The van der Waals surface area contributed by atoms with Crippen LogP contribution in [0, 0.1) is 11.6 Å². The van der Waals surface area contributed by atoms with Crippen LogP contribution in [0.25, 0.3) is 0 Å². The summed E-state index contributed by atoms with van der Waals surface area (Å²) in [5.74, 6) is -2.00. The van der Waals surface area contributed by atoms with Crippen LogP contribution in [-0.2, 0) is 0 Å². The second-order valence-corrected chi connectivity index (χ2v) is 5.10. The zero-order valence-electron chi connectivity index (χ0n) is 9.76. The van der Waals surface area contributed by atoms with Gasteiger partial charge in [0.25, 0.3) is 5.91 Å². The van der Waals surface area contributed by atoms with E-state index in [-0.39, 0.29) is 17.0 Å². The van der Waals surface area contributed by atoms with E-state index in [1.165, 1.54) is 0 Å². The summed E-state index contributed by atoms with van der Waals surface area (Å²) in [6.07, 6.45) is 3.71. The lowest BCUT2D eigenvalue weighted by atomic mass is 9.94. The summed E-state index contributed by atoms with van der Waals surface area (Å²) in [4.78, 5) is 11.9. The van der Waals surface area contributed by atoms with Gasteiger partial charge >= 0.3 is 0 Å². The Hall–Kier alpha value is -1.16. The summed E-state index contributed by atoms with van der Waals surface area (Å²) in [6, 6.07) is 2.65. The SMILES string of the molecule is O=C(NC1CCCCC1Cl)c1cc(F)cc(F)c1. The molecule has 1 aromatic rings. The number of carbonyl (C=O) groups excluding carboxylic acids is 1. The Morgan fingerprint density at radius 2 is 1.78 bits per heavy atom. The monoisotopic (exact) mass is 273 g/mol. The number of hydrogen-bond donors (Lipinski definition) is 1. The van der Waals surface area contributed by atoms with Gasteiger partial charge in [0.05, 0.1) is 5.38 Å². The highest BCUT2D eigenvalue weighted by molar-refractivity contribution is 6.21. The Kier molecular flexibility index (Phi) is 4.17. The molecule has 1 fully saturated rings. The zero-order valence-corrected chi connectivity index (χ0v) is 10.5. The molecule has 0 aliphatic heterocycles. The van der Waals surface area contributed by atoms with Gasteiger partial charge in [-0.3, -0.25) is 4.79 Å². The van der Waals surface area contributed by atoms with Gasteiger partial charge < -0.3 is 5.32 Å². The lowest BCUT2D eigenvalue weighted by Crippen LogP contribution is -2.42. The molecule has 2 atom stereocenters. The van der Waals surface area contributed by atoms with E-state index in [9.17, 15) is 13.6 Å². The molecule has 1 amide bonds. The highest BCUT2D eigenvalue weighted by Crippen LogP contribution is 2.23. The van der Waals surface area contributed by atoms with E-state index in [1.54, 1.807) is 0 Å². The number of rotatable bonds is 2. The molecule has 0 radical (unpaired) electrons. The van der Waals surface area contributed by atoms with E-state index >= 15 is 0 Å². The molecular formula is C13H14ClF2NO. The highest BCUT2D eigenvalue weighted by atomic mass is 35.5. The van der Waals surface area contributed by atoms with Gasteiger partial charge in [-0.1, -0.05) is 12.8 Å². The third kappa shape index (κ3) is 3.19. The number of amides is 1. The predicted molar refractivity (Wildman–Crippen MR) is 65.7 cm³/mol. The van der Waals surface area contributed by atoms with Crippen LogP contribution in [0.3, 0.4) is 0 Å². The van der Waals surface area contributed by atoms with Gasteiger partial charge in [0.2, 0.25) is 0 Å². The maximum Gasteiger partial charge on any atom is 0.251 e. The first-order valence-electron chi connectivity index (χ1n) is 5.97. The molecule has 2 unspecified atom stereocenters. The first kappa shape index (κ1) is 13.3. The van der Waals surface area contributed by atoms with Gasteiger partial charge in [-0.2, -0.15) is 0 Å². The average Bonchev–Trinajstić information content (AvgIpc) is 2.31. The van der Waals surface area contributed by atoms with Crippen LogP contribution < -0.4 is 5.32 Å². The smallest absolute Gasteiger partial charge is 0.251 e. The fourth-order valence-corrected chi connectivity index (χ4v) is 2.53. The Bertz CT molecular complexity index is 432. The lowest BCUT2D eigenvalue weighted by Gasteiger charge is -2.27. The van der Waals surface area contributed by atoms with Crippen molar-refractivity contribution in [1.82, 2.24) is 5.32 Å².